The van der Waals surface area contributed by atoms with Crippen LogP contribution in [-0.4, -0.2) is 39.6 Å². The highest BCUT2D eigenvalue weighted by Crippen LogP contribution is 2.31. The summed E-state index contributed by atoms with van der Waals surface area (Å²) in [5.74, 6) is 0.606. The summed E-state index contributed by atoms with van der Waals surface area (Å²) >= 11 is 0. The predicted molar refractivity (Wildman–Crippen MR) is 106 cm³/mol. The number of likely N-dealkylation sites (N-methyl/N-ethyl adjacent to an activating group) is 1. The van der Waals surface area contributed by atoms with Crippen molar-refractivity contribution in [2.24, 2.45) is 5.92 Å². The van der Waals surface area contributed by atoms with Crippen LogP contribution in [0.4, 0.5) is 5.82 Å². The Morgan fingerprint density at radius 1 is 1.22 bits per heavy atom. The number of benzene rings is 1. The molecule has 1 aromatic heterocycles. The second-order valence-corrected chi connectivity index (χ2v) is 8.09. The van der Waals surface area contributed by atoms with Gasteiger partial charge in [-0.25, -0.2) is 4.68 Å². The Bertz CT molecular complexity index is 816. The quantitative estimate of drug-likeness (QED) is 0.850. The van der Waals surface area contributed by atoms with E-state index in [4.69, 9.17) is 5.10 Å². The lowest BCUT2D eigenvalue weighted by atomic mass is 9.92. The first-order valence-corrected chi connectivity index (χ1v) is 9.54. The standard InChI is InChI=1S/C21H28N4O2/c1-5-24(20(27)15-11-12-15)14-19(26)22-18-13-17(21(2,3)4)23-25(18)16-9-7-6-8-10-16/h6-10,13,15H,5,11-12,14H2,1-4H3,(H,22,26). The maximum Gasteiger partial charge on any atom is 0.245 e. The summed E-state index contributed by atoms with van der Waals surface area (Å²) in [4.78, 5) is 26.5. The smallest absolute Gasteiger partial charge is 0.245 e. The minimum Gasteiger partial charge on any atom is -0.333 e. The van der Waals surface area contributed by atoms with Crippen LogP contribution in [0.3, 0.4) is 0 Å². The molecule has 6 heteroatoms. The molecule has 0 saturated heterocycles. The molecule has 1 fully saturated rings. The van der Waals surface area contributed by atoms with E-state index >= 15 is 0 Å². The lowest BCUT2D eigenvalue weighted by Crippen LogP contribution is -2.38. The van der Waals surface area contributed by atoms with E-state index in [1.807, 2.05) is 43.3 Å². The van der Waals surface area contributed by atoms with Gasteiger partial charge in [0, 0.05) is 23.9 Å². The number of carbonyl (C=O) groups is 2. The topological polar surface area (TPSA) is 67.2 Å². The summed E-state index contributed by atoms with van der Waals surface area (Å²) < 4.78 is 1.75. The molecule has 1 saturated carbocycles. The Labute approximate surface area is 160 Å². The molecular formula is C21H28N4O2. The van der Waals surface area contributed by atoms with Gasteiger partial charge in [-0.05, 0) is 31.9 Å². The number of rotatable bonds is 6. The van der Waals surface area contributed by atoms with Crippen molar-refractivity contribution >= 4 is 17.6 Å². The van der Waals surface area contributed by atoms with Crippen LogP contribution in [0.25, 0.3) is 5.69 Å². The molecule has 0 aliphatic heterocycles. The number of anilines is 1. The highest BCUT2D eigenvalue weighted by atomic mass is 16.2. The van der Waals surface area contributed by atoms with E-state index < -0.39 is 0 Å². The van der Waals surface area contributed by atoms with E-state index in [0.717, 1.165) is 24.2 Å². The summed E-state index contributed by atoms with van der Waals surface area (Å²) in [6.45, 7) is 8.76. The number of aromatic nitrogens is 2. The molecule has 0 unspecified atom stereocenters. The minimum absolute atomic E-state index is 0.0661. The fourth-order valence-corrected chi connectivity index (χ4v) is 2.89. The third-order valence-corrected chi connectivity index (χ3v) is 4.70. The van der Waals surface area contributed by atoms with Crippen LogP contribution in [0.15, 0.2) is 36.4 Å². The van der Waals surface area contributed by atoms with Crippen molar-refractivity contribution < 1.29 is 9.59 Å². The first kappa shape index (κ1) is 19.1. The summed E-state index contributed by atoms with van der Waals surface area (Å²) in [6, 6.07) is 11.6. The highest BCUT2D eigenvalue weighted by molar-refractivity contribution is 5.94. The number of amides is 2. The van der Waals surface area contributed by atoms with Gasteiger partial charge in [0.05, 0.1) is 17.9 Å². The molecular weight excluding hydrogens is 340 g/mol. The van der Waals surface area contributed by atoms with E-state index in [-0.39, 0.29) is 29.7 Å². The van der Waals surface area contributed by atoms with Gasteiger partial charge >= 0.3 is 0 Å². The SMILES string of the molecule is CCN(CC(=O)Nc1cc(C(C)(C)C)nn1-c1ccccc1)C(=O)C1CC1. The number of carbonyl (C=O) groups excluding carboxylic acids is 2. The maximum atomic E-state index is 12.6. The van der Waals surface area contributed by atoms with Crippen molar-refractivity contribution in [3.8, 4) is 5.69 Å². The molecule has 1 aliphatic carbocycles. The molecule has 1 heterocycles. The Balaban J connectivity index is 1.81. The number of nitrogens with zero attached hydrogens (tertiary/aromatic N) is 3. The van der Waals surface area contributed by atoms with Crippen LogP contribution < -0.4 is 5.32 Å². The molecule has 1 aromatic carbocycles. The van der Waals surface area contributed by atoms with Crippen molar-refractivity contribution in [2.45, 2.75) is 46.0 Å². The number of nitrogens with one attached hydrogen (secondary N) is 1. The van der Waals surface area contributed by atoms with Crippen molar-refractivity contribution in [1.82, 2.24) is 14.7 Å². The largest absolute Gasteiger partial charge is 0.333 e. The van der Waals surface area contributed by atoms with Crippen LogP contribution in [0.1, 0.15) is 46.2 Å². The summed E-state index contributed by atoms with van der Waals surface area (Å²) in [7, 11) is 0. The van der Waals surface area contributed by atoms with Gasteiger partial charge in [0.1, 0.15) is 5.82 Å². The van der Waals surface area contributed by atoms with Gasteiger partial charge in [-0.3, -0.25) is 9.59 Å². The van der Waals surface area contributed by atoms with Crippen LogP contribution in [0.5, 0.6) is 0 Å². The van der Waals surface area contributed by atoms with Gasteiger partial charge in [0.2, 0.25) is 11.8 Å². The summed E-state index contributed by atoms with van der Waals surface area (Å²) in [6.07, 6.45) is 1.87. The van der Waals surface area contributed by atoms with Crippen LogP contribution in [-0.2, 0) is 15.0 Å². The summed E-state index contributed by atoms with van der Waals surface area (Å²) in [5.41, 5.74) is 1.63. The van der Waals surface area contributed by atoms with Gasteiger partial charge in [0.25, 0.3) is 0 Å². The maximum absolute atomic E-state index is 12.6. The van der Waals surface area contributed by atoms with Crippen molar-refractivity contribution in [2.75, 3.05) is 18.4 Å². The van der Waals surface area contributed by atoms with Gasteiger partial charge < -0.3 is 10.2 Å². The molecule has 0 spiro atoms. The fraction of sp³-hybridized carbons (Fsp3) is 0.476. The zero-order valence-electron chi connectivity index (χ0n) is 16.5. The van der Waals surface area contributed by atoms with Gasteiger partial charge in [0.15, 0.2) is 0 Å². The molecule has 6 nitrogen and oxygen atoms in total. The molecule has 2 amide bonds. The molecule has 1 aliphatic rings. The molecule has 144 valence electrons. The molecule has 3 rings (SSSR count). The molecule has 27 heavy (non-hydrogen) atoms. The van der Waals surface area contributed by atoms with E-state index in [9.17, 15) is 9.59 Å². The number of hydrogen-bond donors (Lipinski definition) is 1. The number of hydrogen-bond acceptors (Lipinski definition) is 3. The third-order valence-electron chi connectivity index (χ3n) is 4.70. The zero-order valence-corrected chi connectivity index (χ0v) is 16.5. The fourth-order valence-electron chi connectivity index (χ4n) is 2.89. The predicted octanol–water partition coefficient (Wildman–Crippen LogP) is 3.37. The third kappa shape index (κ3) is 4.56. The Hall–Kier alpha value is -2.63. The second-order valence-electron chi connectivity index (χ2n) is 8.09. The van der Waals surface area contributed by atoms with E-state index in [0.29, 0.717) is 12.4 Å². The van der Waals surface area contributed by atoms with Crippen molar-refractivity contribution in [3.63, 3.8) is 0 Å². The minimum atomic E-state index is -0.205. The average Bonchev–Trinajstić information content (AvgIpc) is 3.39. The van der Waals surface area contributed by atoms with E-state index in [2.05, 4.69) is 26.1 Å². The van der Waals surface area contributed by atoms with E-state index in [1.165, 1.54) is 0 Å². The zero-order chi connectivity index (χ0) is 19.6. The molecule has 0 radical (unpaired) electrons. The van der Waals surface area contributed by atoms with Crippen LogP contribution in [0.2, 0.25) is 0 Å². The first-order chi connectivity index (χ1) is 12.8. The second kappa shape index (κ2) is 7.55. The molecule has 0 atom stereocenters. The number of para-hydroxylation sites is 1. The normalized spacial score (nSPS) is 14.1. The van der Waals surface area contributed by atoms with Gasteiger partial charge in [-0.1, -0.05) is 39.0 Å². The Kier molecular flexibility index (Phi) is 5.35. The van der Waals surface area contributed by atoms with Gasteiger partial charge in [-0.2, -0.15) is 5.10 Å². The first-order valence-electron chi connectivity index (χ1n) is 9.54. The summed E-state index contributed by atoms with van der Waals surface area (Å²) in [5, 5.41) is 7.65. The molecule has 2 aromatic rings. The lowest BCUT2D eigenvalue weighted by Gasteiger charge is -2.20. The van der Waals surface area contributed by atoms with Crippen molar-refractivity contribution in [3.05, 3.63) is 42.1 Å². The van der Waals surface area contributed by atoms with Crippen LogP contribution in [0, 0.1) is 5.92 Å². The average molecular weight is 368 g/mol. The molecule has 1 N–H and O–H groups in total. The van der Waals surface area contributed by atoms with Gasteiger partial charge in [-0.15, -0.1) is 0 Å². The lowest BCUT2D eigenvalue weighted by molar-refractivity contribution is -0.135. The van der Waals surface area contributed by atoms with Crippen molar-refractivity contribution in [1.29, 1.82) is 0 Å². The Morgan fingerprint density at radius 2 is 1.89 bits per heavy atom. The highest BCUT2D eigenvalue weighted by Gasteiger charge is 2.33. The van der Waals surface area contributed by atoms with E-state index in [1.54, 1.807) is 9.58 Å². The molecule has 0 bridgehead atoms. The Morgan fingerprint density at radius 3 is 2.44 bits per heavy atom. The monoisotopic (exact) mass is 368 g/mol. The van der Waals surface area contributed by atoms with Crippen LogP contribution >= 0.6 is 0 Å².